The van der Waals surface area contributed by atoms with E-state index < -0.39 is 10.0 Å². The predicted molar refractivity (Wildman–Crippen MR) is 80.3 cm³/mol. The Bertz CT molecular complexity index is 643. The number of carbonyl (C=O) groups excluding carboxylic acids is 1. The molecular formula is C13H18N4O3S. The maximum Gasteiger partial charge on any atom is 0.285 e. The van der Waals surface area contributed by atoms with Crippen LogP contribution in [0.15, 0.2) is 33.6 Å². The van der Waals surface area contributed by atoms with Crippen LogP contribution in [0.1, 0.15) is 25.7 Å². The van der Waals surface area contributed by atoms with Crippen molar-refractivity contribution in [1.82, 2.24) is 5.43 Å². The molecule has 0 spiro atoms. The summed E-state index contributed by atoms with van der Waals surface area (Å²) in [4.78, 5) is 13.0. The first kappa shape index (κ1) is 15.5. The van der Waals surface area contributed by atoms with Crippen LogP contribution in [0.4, 0.5) is 5.69 Å². The van der Waals surface area contributed by atoms with Crippen LogP contribution < -0.4 is 16.2 Å². The molecule has 2 rings (SSSR count). The summed E-state index contributed by atoms with van der Waals surface area (Å²) in [5, 5.41) is 0. The van der Waals surface area contributed by atoms with Crippen molar-refractivity contribution in [2.45, 2.75) is 30.6 Å². The van der Waals surface area contributed by atoms with Gasteiger partial charge >= 0.3 is 0 Å². The van der Waals surface area contributed by atoms with E-state index >= 15 is 0 Å². The molecular weight excluding hydrogens is 292 g/mol. The number of nitrogens with two attached hydrogens (primary N) is 1. The summed E-state index contributed by atoms with van der Waals surface area (Å²) in [5.41, 5.74) is 2.74. The van der Waals surface area contributed by atoms with Crippen LogP contribution >= 0.6 is 0 Å². The minimum atomic E-state index is -3.56. The van der Waals surface area contributed by atoms with Crippen molar-refractivity contribution < 1.29 is 13.2 Å². The number of sulfonamides is 1. The van der Waals surface area contributed by atoms with Crippen molar-refractivity contribution in [1.29, 1.82) is 0 Å². The van der Waals surface area contributed by atoms with Gasteiger partial charge in [0.25, 0.3) is 10.0 Å². The van der Waals surface area contributed by atoms with Gasteiger partial charge in [0.1, 0.15) is 11.2 Å². The molecule has 0 saturated carbocycles. The Balaban J connectivity index is 1.92. The number of fused-ring (bicyclic) bond motifs is 1. The lowest BCUT2D eigenvalue weighted by molar-refractivity contribution is -0.121. The Morgan fingerprint density at radius 2 is 2.00 bits per heavy atom. The van der Waals surface area contributed by atoms with Crippen LogP contribution in [0, 0.1) is 0 Å². The van der Waals surface area contributed by atoms with Crippen LogP contribution in [-0.2, 0) is 14.8 Å². The highest BCUT2D eigenvalue weighted by Gasteiger charge is 2.24. The molecule has 1 heterocycles. The summed E-state index contributed by atoms with van der Waals surface area (Å²) in [7, 11) is -3.56. The smallest absolute Gasteiger partial charge is 0.285 e. The molecule has 0 radical (unpaired) electrons. The molecule has 114 valence electrons. The second-order valence-corrected chi connectivity index (χ2v) is 6.34. The topological polar surface area (TPSA) is 105 Å². The zero-order chi connectivity index (χ0) is 15.3. The largest absolute Gasteiger partial charge is 0.331 e. The van der Waals surface area contributed by atoms with E-state index in [2.05, 4.69) is 9.82 Å². The normalized spacial score (nSPS) is 15.6. The van der Waals surface area contributed by atoms with E-state index in [0.717, 1.165) is 19.3 Å². The minimum absolute atomic E-state index is 0.175. The van der Waals surface area contributed by atoms with Gasteiger partial charge < -0.3 is 4.90 Å². The van der Waals surface area contributed by atoms with Crippen molar-refractivity contribution in [3.8, 4) is 0 Å². The van der Waals surface area contributed by atoms with Crippen molar-refractivity contribution in [3.63, 3.8) is 0 Å². The van der Waals surface area contributed by atoms with Crippen LogP contribution in [0.2, 0.25) is 0 Å². The summed E-state index contributed by atoms with van der Waals surface area (Å²) >= 11 is 0. The lowest BCUT2D eigenvalue weighted by Gasteiger charge is -2.24. The summed E-state index contributed by atoms with van der Waals surface area (Å²) in [6.07, 6.45) is 4.18. The first-order valence-corrected chi connectivity index (χ1v) is 8.14. The summed E-state index contributed by atoms with van der Waals surface area (Å²) < 4.78 is 27.3. The van der Waals surface area contributed by atoms with Gasteiger partial charge in [-0.05, 0) is 25.0 Å². The molecule has 21 heavy (non-hydrogen) atoms. The molecule has 1 aromatic rings. The highest BCUT2D eigenvalue weighted by molar-refractivity contribution is 7.90. The van der Waals surface area contributed by atoms with Gasteiger partial charge in [-0.1, -0.05) is 18.6 Å². The van der Waals surface area contributed by atoms with Gasteiger partial charge in [0.2, 0.25) is 5.91 Å². The number of amides is 1. The first-order chi connectivity index (χ1) is 10.0. The lowest BCUT2D eigenvalue weighted by Crippen LogP contribution is -2.30. The summed E-state index contributed by atoms with van der Waals surface area (Å²) in [6.45, 7) is 0.653. The molecule has 3 N–H and O–H groups in total. The number of nitrogens with zero attached hydrogens (tertiary/aromatic N) is 2. The van der Waals surface area contributed by atoms with Gasteiger partial charge in [-0.25, -0.2) is 5.84 Å². The van der Waals surface area contributed by atoms with Crippen LogP contribution in [-0.4, -0.2) is 27.2 Å². The molecule has 1 aliphatic rings. The highest BCUT2D eigenvalue weighted by atomic mass is 32.2. The van der Waals surface area contributed by atoms with E-state index in [4.69, 9.17) is 5.84 Å². The summed E-state index contributed by atoms with van der Waals surface area (Å²) in [5.74, 6) is 4.83. The number of anilines is 1. The van der Waals surface area contributed by atoms with Gasteiger partial charge in [0, 0.05) is 13.0 Å². The van der Waals surface area contributed by atoms with Crippen LogP contribution in [0.5, 0.6) is 0 Å². The summed E-state index contributed by atoms with van der Waals surface area (Å²) in [6, 6.07) is 6.80. The Kier molecular flexibility index (Phi) is 4.92. The van der Waals surface area contributed by atoms with Crippen LogP contribution in [0.25, 0.3) is 0 Å². The number of hydrazine groups is 1. The van der Waals surface area contributed by atoms with Gasteiger partial charge in [-0.15, -0.1) is 4.40 Å². The van der Waals surface area contributed by atoms with E-state index in [1.54, 1.807) is 24.3 Å². The Morgan fingerprint density at radius 1 is 1.24 bits per heavy atom. The zero-order valence-electron chi connectivity index (χ0n) is 11.5. The Morgan fingerprint density at radius 3 is 2.76 bits per heavy atom. The molecule has 0 atom stereocenters. The second-order valence-electron chi connectivity index (χ2n) is 4.74. The van der Waals surface area contributed by atoms with E-state index in [9.17, 15) is 13.2 Å². The average molecular weight is 310 g/mol. The SMILES string of the molecule is NNC(=O)CCCCCN1C=NS(=O)(=O)c2ccccc21. The molecule has 0 bridgehead atoms. The molecule has 1 amide bonds. The maximum absolute atomic E-state index is 11.8. The molecule has 0 saturated heterocycles. The third kappa shape index (κ3) is 3.79. The Hall–Kier alpha value is -1.93. The fourth-order valence-electron chi connectivity index (χ4n) is 2.15. The number of para-hydroxylation sites is 1. The van der Waals surface area contributed by atoms with Crippen molar-refractivity contribution in [3.05, 3.63) is 24.3 Å². The van der Waals surface area contributed by atoms with Gasteiger partial charge in [0.05, 0.1) is 5.69 Å². The fraction of sp³-hybridized carbons (Fsp3) is 0.385. The number of hydrogen-bond donors (Lipinski definition) is 2. The number of hydrogen-bond acceptors (Lipinski definition) is 5. The molecule has 0 fully saturated rings. The Labute approximate surface area is 123 Å². The number of benzene rings is 1. The molecule has 7 nitrogen and oxygen atoms in total. The number of unbranched alkanes of at least 4 members (excludes halogenated alkanes) is 2. The number of carbonyl (C=O) groups is 1. The fourth-order valence-corrected chi connectivity index (χ4v) is 3.20. The average Bonchev–Trinajstić information content (AvgIpc) is 2.49. The number of nitrogens with one attached hydrogen (secondary N) is 1. The lowest BCUT2D eigenvalue weighted by atomic mass is 10.2. The maximum atomic E-state index is 11.8. The van der Waals surface area contributed by atoms with E-state index in [1.165, 1.54) is 6.34 Å². The van der Waals surface area contributed by atoms with Crippen molar-refractivity contribution >= 4 is 28.0 Å². The molecule has 0 aliphatic carbocycles. The third-order valence-electron chi connectivity index (χ3n) is 3.24. The predicted octanol–water partition coefficient (Wildman–Crippen LogP) is 0.774. The van der Waals surface area contributed by atoms with Crippen molar-refractivity contribution in [2.75, 3.05) is 11.4 Å². The molecule has 8 heteroatoms. The van der Waals surface area contributed by atoms with Crippen LogP contribution in [0.3, 0.4) is 0 Å². The first-order valence-electron chi connectivity index (χ1n) is 6.70. The molecule has 1 aromatic carbocycles. The van der Waals surface area contributed by atoms with Gasteiger partial charge in [0.15, 0.2) is 0 Å². The quantitative estimate of drug-likeness (QED) is 0.349. The van der Waals surface area contributed by atoms with E-state index in [-0.39, 0.29) is 10.8 Å². The van der Waals surface area contributed by atoms with Gasteiger partial charge in [-0.2, -0.15) is 8.42 Å². The molecule has 1 aliphatic heterocycles. The highest BCUT2D eigenvalue weighted by Crippen LogP contribution is 2.29. The van der Waals surface area contributed by atoms with E-state index in [0.29, 0.717) is 18.7 Å². The van der Waals surface area contributed by atoms with Crippen molar-refractivity contribution in [2.24, 2.45) is 10.2 Å². The standard InChI is InChI=1S/C13H18N4O3S/c14-16-13(18)8-2-1-5-9-17-10-15-21(19,20)12-7-4-3-6-11(12)17/h3-4,6-7,10H,1-2,5,8-9,14H2,(H,16,18). The molecule has 0 unspecified atom stereocenters. The monoisotopic (exact) mass is 310 g/mol. The van der Waals surface area contributed by atoms with Gasteiger partial charge in [-0.3, -0.25) is 10.2 Å². The minimum Gasteiger partial charge on any atom is -0.331 e. The number of rotatable bonds is 6. The molecule has 0 aromatic heterocycles. The van der Waals surface area contributed by atoms with E-state index in [1.807, 2.05) is 4.90 Å². The zero-order valence-corrected chi connectivity index (χ0v) is 12.3. The third-order valence-corrected chi connectivity index (χ3v) is 4.51. The second kappa shape index (κ2) is 6.68.